The summed E-state index contributed by atoms with van der Waals surface area (Å²) in [7, 11) is -2.11. The first-order valence-corrected chi connectivity index (χ1v) is 7.68. The average molecular weight is 312 g/mol. The van der Waals surface area contributed by atoms with Crippen molar-refractivity contribution >= 4 is 15.8 Å². The van der Waals surface area contributed by atoms with Crippen molar-refractivity contribution < 1.29 is 22.7 Å². The van der Waals surface area contributed by atoms with Gasteiger partial charge in [0.25, 0.3) is 0 Å². The Hall–Kier alpha value is -2.22. The number of aromatic carboxylic acids is 1. The number of hydrogen-bond donors (Lipinski definition) is 1. The molecule has 0 bridgehead atoms. The number of aromatic nitrogens is 2. The lowest BCUT2D eigenvalue weighted by molar-refractivity contribution is 0.0696. The molecule has 0 atom stereocenters. The van der Waals surface area contributed by atoms with Crippen LogP contribution in [0.15, 0.2) is 35.5 Å². The highest BCUT2D eigenvalue weighted by Gasteiger charge is 2.21. The van der Waals surface area contributed by atoms with Crippen LogP contribution in [0.4, 0.5) is 4.39 Å². The molecular formula is C13H13FN2O4S. The van der Waals surface area contributed by atoms with E-state index < -0.39 is 26.5 Å². The Morgan fingerprint density at radius 3 is 2.67 bits per heavy atom. The van der Waals surface area contributed by atoms with E-state index >= 15 is 0 Å². The molecular weight excluding hydrogens is 299 g/mol. The Bertz CT molecular complexity index is 783. The molecule has 2 rings (SSSR count). The van der Waals surface area contributed by atoms with Crippen LogP contribution < -0.4 is 0 Å². The number of sulfone groups is 1. The molecule has 21 heavy (non-hydrogen) atoms. The molecule has 1 aromatic heterocycles. The van der Waals surface area contributed by atoms with E-state index in [0.717, 1.165) is 12.1 Å². The predicted molar refractivity (Wildman–Crippen MR) is 72.3 cm³/mol. The predicted octanol–water partition coefficient (Wildman–Crippen LogP) is 1.27. The SMILES string of the molecule is Cn1ccnc1CCS(=O)(=O)c1ccc(C(=O)O)cc1F. The van der Waals surface area contributed by atoms with E-state index in [-0.39, 0.29) is 17.7 Å². The van der Waals surface area contributed by atoms with E-state index in [1.54, 1.807) is 24.0 Å². The molecule has 0 saturated carbocycles. The van der Waals surface area contributed by atoms with Crippen molar-refractivity contribution in [2.24, 2.45) is 7.05 Å². The molecule has 1 aromatic carbocycles. The van der Waals surface area contributed by atoms with E-state index in [2.05, 4.69) is 4.98 Å². The molecule has 0 fully saturated rings. The minimum absolute atomic E-state index is 0.145. The maximum atomic E-state index is 13.8. The highest BCUT2D eigenvalue weighted by atomic mass is 32.2. The minimum atomic E-state index is -3.85. The van der Waals surface area contributed by atoms with Gasteiger partial charge in [0.05, 0.1) is 11.3 Å². The fraction of sp³-hybridized carbons (Fsp3) is 0.231. The molecule has 2 aromatic rings. The summed E-state index contributed by atoms with van der Waals surface area (Å²) in [6, 6.07) is 2.75. The molecule has 0 radical (unpaired) electrons. The third-order valence-electron chi connectivity index (χ3n) is 3.03. The Labute approximate surface area is 120 Å². The summed E-state index contributed by atoms with van der Waals surface area (Å²) in [4.78, 5) is 14.2. The summed E-state index contributed by atoms with van der Waals surface area (Å²) in [5, 5.41) is 8.73. The van der Waals surface area contributed by atoms with E-state index in [9.17, 15) is 17.6 Å². The number of rotatable bonds is 5. The van der Waals surface area contributed by atoms with Crippen LogP contribution in [0.25, 0.3) is 0 Å². The van der Waals surface area contributed by atoms with Crippen LogP contribution in [0.1, 0.15) is 16.2 Å². The lowest BCUT2D eigenvalue weighted by atomic mass is 10.2. The van der Waals surface area contributed by atoms with Crippen molar-refractivity contribution in [3.63, 3.8) is 0 Å². The fourth-order valence-electron chi connectivity index (χ4n) is 1.86. The van der Waals surface area contributed by atoms with Crippen molar-refractivity contribution in [2.45, 2.75) is 11.3 Å². The van der Waals surface area contributed by atoms with E-state index in [1.807, 2.05) is 0 Å². The third-order valence-corrected chi connectivity index (χ3v) is 4.77. The number of nitrogens with zero attached hydrogens (tertiary/aromatic N) is 2. The lowest BCUT2D eigenvalue weighted by Crippen LogP contribution is -2.13. The highest BCUT2D eigenvalue weighted by molar-refractivity contribution is 7.91. The number of hydrogen-bond acceptors (Lipinski definition) is 4. The standard InChI is InChI=1S/C13H13FN2O4S/c1-16-6-5-15-12(16)4-7-21(19,20)11-3-2-9(13(17)18)8-10(11)14/h2-3,5-6,8H,4,7H2,1H3,(H,17,18). The van der Waals surface area contributed by atoms with Crippen molar-refractivity contribution in [1.29, 1.82) is 0 Å². The van der Waals surface area contributed by atoms with Crippen molar-refractivity contribution in [2.75, 3.05) is 5.75 Å². The van der Waals surface area contributed by atoms with Gasteiger partial charge in [0, 0.05) is 25.9 Å². The first kappa shape index (κ1) is 15.2. The second kappa shape index (κ2) is 5.65. The summed E-state index contributed by atoms with van der Waals surface area (Å²) < 4.78 is 39.7. The summed E-state index contributed by atoms with van der Waals surface area (Å²) in [6.45, 7) is 0. The quantitative estimate of drug-likeness (QED) is 0.898. The Balaban J connectivity index is 2.23. The maximum Gasteiger partial charge on any atom is 0.335 e. The van der Waals surface area contributed by atoms with Crippen LogP contribution in [0.5, 0.6) is 0 Å². The van der Waals surface area contributed by atoms with Gasteiger partial charge in [-0.25, -0.2) is 22.6 Å². The third kappa shape index (κ3) is 3.27. The molecule has 1 N–H and O–H groups in total. The molecule has 0 spiro atoms. The molecule has 112 valence electrons. The Morgan fingerprint density at radius 2 is 2.14 bits per heavy atom. The molecule has 0 saturated heterocycles. The minimum Gasteiger partial charge on any atom is -0.478 e. The molecule has 1 heterocycles. The van der Waals surface area contributed by atoms with Crippen LogP contribution >= 0.6 is 0 Å². The number of carbonyl (C=O) groups is 1. The molecule has 0 unspecified atom stereocenters. The smallest absolute Gasteiger partial charge is 0.335 e. The van der Waals surface area contributed by atoms with E-state index in [0.29, 0.717) is 11.9 Å². The van der Waals surface area contributed by atoms with Crippen LogP contribution in [-0.2, 0) is 23.3 Å². The monoisotopic (exact) mass is 312 g/mol. The van der Waals surface area contributed by atoms with Crippen LogP contribution in [0.3, 0.4) is 0 Å². The van der Waals surface area contributed by atoms with Gasteiger partial charge in [0.1, 0.15) is 16.5 Å². The summed E-state index contributed by atoms with van der Waals surface area (Å²) in [5.74, 6) is -2.11. The highest BCUT2D eigenvalue weighted by Crippen LogP contribution is 2.18. The number of halogens is 1. The molecule has 8 heteroatoms. The fourth-order valence-corrected chi connectivity index (χ4v) is 3.16. The number of aryl methyl sites for hydroxylation is 2. The first-order valence-electron chi connectivity index (χ1n) is 6.03. The molecule has 0 amide bonds. The van der Waals surface area contributed by atoms with Gasteiger partial charge in [-0.05, 0) is 18.2 Å². The molecule has 0 aliphatic rings. The van der Waals surface area contributed by atoms with Crippen molar-refractivity contribution in [3.05, 3.63) is 47.8 Å². The van der Waals surface area contributed by atoms with Crippen molar-refractivity contribution in [3.8, 4) is 0 Å². The lowest BCUT2D eigenvalue weighted by Gasteiger charge is -2.06. The number of carboxylic acids is 1. The summed E-state index contributed by atoms with van der Waals surface area (Å²) in [6.07, 6.45) is 3.38. The Kier molecular flexibility index (Phi) is 4.08. The zero-order valence-electron chi connectivity index (χ0n) is 11.2. The van der Waals surface area contributed by atoms with Crippen LogP contribution in [0.2, 0.25) is 0 Å². The van der Waals surface area contributed by atoms with E-state index in [4.69, 9.17) is 5.11 Å². The molecule has 0 aliphatic carbocycles. The van der Waals surface area contributed by atoms with Gasteiger partial charge in [0.15, 0.2) is 9.84 Å². The second-order valence-corrected chi connectivity index (χ2v) is 6.55. The average Bonchev–Trinajstić information content (AvgIpc) is 2.81. The van der Waals surface area contributed by atoms with Crippen LogP contribution in [-0.4, -0.2) is 34.8 Å². The summed E-state index contributed by atoms with van der Waals surface area (Å²) >= 11 is 0. The van der Waals surface area contributed by atoms with Crippen LogP contribution in [0, 0.1) is 5.82 Å². The molecule has 6 nitrogen and oxygen atoms in total. The topological polar surface area (TPSA) is 89.3 Å². The molecule has 0 aliphatic heterocycles. The zero-order valence-corrected chi connectivity index (χ0v) is 12.0. The number of benzene rings is 1. The van der Waals surface area contributed by atoms with Gasteiger partial charge in [-0.1, -0.05) is 0 Å². The van der Waals surface area contributed by atoms with Gasteiger partial charge in [0.2, 0.25) is 0 Å². The second-order valence-electron chi connectivity index (χ2n) is 4.47. The zero-order chi connectivity index (χ0) is 15.6. The van der Waals surface area contributed by atoms with Crippen molar-refractivity contribution in [1.82, 2.24) is 9.55 Å². The number of imidazole rings is 1. The van der Waals surface area contributed by atoms with E-state index in [1.165, 1.54) is 0 Å². The van der Waals surface area contributed by atoms with Gasteiger partial charge in [-0.3, -0.25) is 0 Å². The summed E-state index contributed by atoms with van der Waals surface area (Å²) in [5.41, 5.74) is -0.296. The first-order chi connectivity index (χ1) is 9.81. The number of carboxylic acid groups (broad SMARTS) is 1. The maximum absolute atomic E-state index is 13.8. The van der Waals surface area contributed by atoms with Gasteiger partial charge >= 0.3 is 5.97 Å². The van der Waals surface area contributed by atoms with Gasteiger partial charge in [-0.2, -0.15) is 0 Å². The largest absolute Gasteiger partial charge is 0.478 e. The normalized spacial score (nSPS) is 11.5. The van der Waals surface area contributed by atoms with Gasteiger partial charge < -0.3 is 9.67 Å². The Morgan fingerprint density at radius 1 is 1.43 bits per heavy atom. The van der Waals surface area contributed by atoms with Gasteiger partial charge in [-0.15, -0.1) is 0 Å².